The second-order valence-electron chi connectivity index (χ2n) is 1.46. The Morgan fingerprint density at radius 1 is 1.57 bits per heavy atom. The molecule has 0 spiro atoms. The molecule has 0 saturated heterocycles. The van der Waals surface area contributed by atoms with Gasteiger partial charge in [-0.15, -0.1) is 0 Å². The van der Waals surface area contributed by atoms with Crippen molar-refractivity contribution in [2.24, 2.45) is 0 Å². The fourth-order valence-corrected chi connectivity index (χ4v) is 0.183. The Morgan fingerprint density at radius 3 is 2.00 bits per heavy atom. The van der Waals surface area contributed by atoms with Crippen LogP contribution in [0, 0.1) is 0 Å². The summed E-state index contributed by atoms with van der Waals surface area (Å²) in [6.45, 7) is 4.08. The van der Waals surface area contributed by atoms with Gasteiger partial charge in [-0.2, -0.15) is 0 Å². The van der Waals surface area contributed by atoms with Crippen LogP contribution in [0.1, 0.15) is 13.8 Å². The fraction of sp³-hybridized carbons (Fsp3) is 0.600. The molecule has 0 rings (SSSR count). The zero-order chi connectivity index (χ0) is 4.99. The van der Waals surface area contributed by atoms with Gasteiger partial charge in [-0.25, -0.2) is 0 Å². The molecule has 0 aliphatic carbocycles. The van der Waals surface area contributed by atoms with Crippen LogP contribution in [0.25, 0.3) is 0 Å². The molecule has 1 nitrogen and oxygen atoms in total. The summed E-state index contributed by atoms with van der Waals surface area (Å²) in [6.07, 6.45) is 1.76. The van der Waals surface area contributed by atoms with Gasteiger partial charge >= 0.3 is 0 Å². The minimum absolute atomic E-state index is 0. The number of rotatable bonds is 1. The molecule has 0 atom stereocenters. The van der Waals surface area contributed by atoms with Crippen LogP contribution in [-0.4, -0.2) is 11.7 Å². The van der Waals surface area contributed by atoms with Crippen LogP contribution in [-0.2, 0) is 19.5 Å². The Labute approximate surface area is 57.2 Å². The van der Waals surface area contributed by atoms with Gasteiger partial charge in [0.05, 0.1) is 6.61 Å². The summed E-state index contributed by atoms with van der Waals surface area (Å²) < 4.78 is 0. The van der Waals surface area contributed by atoms with Crippen molar-refractivity contribution in [1.29, 1.82) is 0 Å². The smallest absolute Gasteiger partial charge is 0.0614 e. The molecule has 0 aliphatic heterocycles. The van der Waals surface area contributed by atoms with Gasteiger partial charge in [-0.05, 0) is 13.8 Å². The van der Waals surface area contributed by atoms with Gasteiger partial charge in [0, 0.05) is 19.5 Å². The minimum atomic E-state index is 0. The van der Waals surface area contributed by atoms with E-state index < -0.39 is 0 Å². The molecular formula is C5H10OZn. The molecule has 2 heteroatoms. The maximum absolute atomic E-state index is 8.16. The number of allylic oxidation sites excluding steroid dienone is 1. The van der Waals surface area contributed by atoms with E-state index in [9.17, 15) is 0 Å². The zero-order valence-electron chi connectivity index (χ0n) is 4.94. The zero-order valence-corrected chi connectivity index (χ0v) is 7.91. The van der Waals surface area contributed by atoms with Crippen molar-refractivity contribution in [2.45, 2.75) is 13.8 Å². The van der Waals surface area contributed by atoms with E-state index in [0.717, 1.165) is 5.57 Å². The first kappa shape index (κ1) is 10.3. The van der Waals surface area contributed by atoms with E-state index in [1.165, 1.54) is 0 Å². The van der Waals surface area contributed by atoms with Crippen molar-refractivity contribution < 1.29 is 24.6 Å². The first-order valence-corrected chi connectivity index (χ1v) is 2.01. The molecule has 0 aromatic heterocycles. The summed E-state index contributed by atoms with van der Waals surface area (Å²) in [5.41, 5.74) is 1.16. The normalized spacial score (nSPS) is 6.71. The molecule has 0 aromatic carbocycles. The maximum atomic E-state index is 8.16. The predicted molar refractivity (Wildman–Crippen MR) is 26.5 cm³/mol. The quantitative estimate of drug-likeness (QED) is 0.437. The van der Waals surface area contributed by atoms with E-state index in [-0.39, 0.29) is 26.1 Å². The van der Waals surface area contributed by atoms with Crippen LogP contribution in [0.15, 0.2) is 11.6 Å². The second kappa shape index (κ2) is 6.32. The largest absolute Gasteiger partial charge is 0.392 e. The van der Waals surface area contributed by atoms with Crippen molar-refractivity contribution in [1.82, 2.24) is 0 Å². The molecule has 1 N–H and O–H groups in total. The van der Waals surface area contributed by atoms with E-state index in [1.54, 1.807) is 6.08 Å². The third-order valence-corrected chi connectivity index (χ3v) is 0.500. The second-order valence-corrected chi connectivity index (χ2v) is 1.46. The summed E-state index contributed by atoms with van der Waals surface area (Å²) in [5.74, 6) is 0. The van der Waals surface area contributed by atoms with Crippen molar-refractivity contribution in [2.75, 3.05) is 6.61 Å². The van der Waals surface area contributed by atoms with E-state index in [2.05, 4.69) is 0 Å². The average molecular weight is 152 g/mol. The summed E-state index contributed by atoms with van der Waals surface area (Å²) in [5, 5.41) is 8.16. The first-order valence-electron chi connectivity index (χ1n) is 2.01. The van der Waals surface area contributed by atoms with Crippen molar-refractivity contribution in [3.63, 3.8) is 0 Å². The Bertz CT molecular complexity index is 55.1. The van der Waals surface area contributed by atoms with E-state index in [4.69, 9.17) is 5.11 Å². The Kier molecular flexibility index (Phi) is 9.33. The van der Waals surface area contributed by atoms with Crippen LogP contribution in [0.2, 0.25) is 0 Å². The van der Waals surface area contributed by atoms with Gasteiger partial charge in [0.1, 0.15) is 0 Å². The molecule has 7 heavy (non-hydrogen) atoms. The molecule has 0 radical (unpaired) electrons. The standard InChI is InChI=1S/C5H10O.Zn/c1-5(2)3-4-6;/h3,6H,4H2,1-2H3;. The Balaban J connectivity index is 0. The molecule has 0 bridgehead atoms. The average Bonchev–Trinajstić information content (AvgIpc) is 1.35. The van der Waals surface area contributed by atoms with Crippen LogP contribution in [0.4, 0.5) is 0 Å². The Hall–Kier alpha value is 0.323. The van der Waals surface area contributed by atoms with Crippen LogP contribution in [0.3, 0.4) is 0 Å². The number of hydrogen-bond acceptors (Lipinski definition) is 1. The molecule has 0 amide bonds. The van der Waals surface area contributed by atoms with Crippen molar-refractivity contribution >= 4 is 0 Å². The van der Waals surface area contributed by atoms with Gasteiger partial charge < -0.3 is 5.11 Å². The van der Waals surface area contributed by atoms with Gasteiger partial charge in [0.2, 0.25) is 0 Å². The number of aliphatic hydroxyl groups excluding tert-OH is 1. The number of hydrogen-bond donors (Lipinski definition) is 1. The van der Waals surface area contributed by atoms with Crippen molar-refractivity contribution in [3.8, 4) is 0 Å². The third-order valence-electron chi connectivity index (χ3n) is 0.500. The van der Waals surface area contributed by atoms with Gasteiger partial charge in [-0.3, -0.25) is 0 Å². The van der Waals surface area contributed by atoms with Gasteiger partial charge in [-0.1, -0.05) is 11.6 Å². The molecule has 0 aliphatic rings. The van der Waals surface area contributed by atoms with E-state index in [1.807, 2.05) is 13.8 Å². The van der Waals surface area contributed by atoms with Gasteiger partial charge in [0.15, 0.2) is 0 Å². The Morgan fingerprint density at radius 2 is 2.00 bits per heavy atom. The monoisotopic (exact) mass is 150 g/mol. The SMILES string of the molecule is CC(C)=CCO.[Zn]. The number of aliphatic hydroxyl groups is 1. The molecule has 0 unspecified atom stereocenters. The molecule has 0 heterocycles. The maximum Gasteiger partial charge on any atom is 0.0614 e. The van der Waals surface area contributed by atoms with E-state index >= 15 is 0 Å². The summed E-state index contributed by atoms with van der Waals surface area (Å²) >= 11 is 0. The molecule has 38 valence electrons. The predicted octanol–water partition coefficient (Wildman–Crippen LogP) is 0.942. The van der Waals surface area contributed by atoms with Crippen LogP contribution >= 0.6 is 0 Å². The van der Waals surface area contributed by atoms with Crippen LogP contribution in [0.5, 0.6) is 0 Å². The molecule has 0 saturated carbocycles. The van der Waals surface area contributed by atoms with Crippen LogP contribution < -0.4 is 0 Å². The summed E-state index contributed by atoms with van der Waals surface area (Å²) in [7, 11) is 0. The van der Waals surface area contributed by atoms with Gasteiger partial charge in [0.25, 0.3) is 0 Å². The fourth-order valence-electron chi connectivity index (χ4n) is 0.183. The third kappa shape index (κ3) is 10.7. The van der Waals surface area contributed by atoms with Crippen molar-refractivity contribution in [3.05, 3.63) is 11.6 Å². The first-order chi connectivity index (χ1) is 2.77. The minimum Gasteiger partial charge on any atom is -0.392 e. The molecular weight excluding hydrogens is 141 g/mol. The summed E-state index contributed by atoms with van der Waals surface area (Å²) in [6, 6.07) is 0. The summed E-state index contributed by atoms with van der Waals surface area (Å²) in [4.78, 5) is 0. The molecule has 0 fully saturated rings. The molecule has 0 aromatic rings. The van der Waals surface area contributed by atoms with E-state index in [0.29, 0.717) is 0 Å². The topological polar surface area (TPSA) is 20.2 Å².